The molecule has 2 aromatic carbocycles. The van der Waals surface area contributed by atoms with E-state index >= 15 is 0 Å². The quantitative estimate of drug-likeness (QED) is 0.200. The van der Waals surface area contributed by atoms with Gasteiger partial charge in [0.15, 0.2) is 0 Å². The lowest BCUT2D eigenvalue weighted by molar-refractivity contribution is -0.924. The Balaban J connectivity index is 1.83. The van der Waals surface area contributed by atoms with Crippen LogP contribution in [0, 0.1) is 20.8 Å². The van der Waals surface area contributed by atoms with Crippen LogP contribution in [0.3, 0.4) is 0 Å². The molecule has 0 aliphatic heterocycles. The van der Waals surface area contributed by atoms with E-state index in [9.17, 15) is 24.8 Å². The van der Waals surface area contributed by atoms with Gasteiger partial charge in [0.25, 0.3) is 5.91 Å². The first-order chi connectivity index (χ1) is 13.7. The summed E-state index contributed by atoms with van der Waals surface area (Å²) in [7, 11) is 0. The van der Waals surface area contributed by atoms with Gasteiger partial charge >= 0.3 is 22.4 Å². The number of hydrogen-bond donors (Lipinski definition) is 3. The molecule has 8 heteroatoms. The van der Waals surface area contributed by atoms with Crippen molar-refractivity contribution in [3.05, 3.63) is 65.0 Å². The minimum absolute atomic E-state index is 0.0403. The van der Waals surface area contributed by atoms with Gasteiger partial charge in [0, 0.05) is 34.2 Å². The maximum atomic E-state index is 12.6. The second kappa shape index (κ2) is 7.67. The van der Waals surface area contributed by atoms with Crippen LogP contribution < -0.4 is 14.8 Å². The van der Waals surface area contributed by atoms with Crippen LogP contribution in [0.15, 0.2) is 42.5 Å². The van der Waals surface area contributed by atoms with Crippen LogP contribution in [0.2, 0.25) is 0 Å². The third-order valence-electron chi connectivity index (χ3n) is 4.81. The summed E-state index contributed by atoms with van der Waals surface area (Å²) in [6.07, 6.45) is -0.754. The number of fused-ring (bicyclic) bond motifs is 1. The molecule has 3 N–H and O–H groups in total. The molecule has 3 aromatic rings. The van der Waals surface area contributed by atoms with E-state index in [2.05, 4.69) is 5.32 Å². The zero-order valence-corrected chi connectivity index (χ0v) is 16.3. The lowest BCUT2D eigenvalue weighted by Gasteiger charge is -2.06. The van der Waals surface area contributed by atoms with Crippen molar-refractivity contribution in [2.24, 2.45) is 0 Å². The summed E-state index contributed by atoms with van der Waals surface area (Å²) in [5.74, 6) is -2.68. The van der Waals surface area contributed by atoms with Crippen molar-refractivity contribution in [3.8, 4) is 0 Å². The molecular formula is C21H21N3O5+2. The van der Waals surface area contributed by atoms with Gasteiger partial charge in [-0.05, 0) is 37.1 Å². The fourth-order valence-corrected chi connectivity index (χ4v) is 3.03. The fraction of sp³-hybridized carbons (Fsp3) is 0.190. The highest BCUT2D eigenvalue weighted by atomic mass is 16.5. The lowest BCUT2D eigenvalue weighted by Crippen LogP contribution is -2.49. The number of carbonyl (C=O) groups is 3. The number of benzene rings is 2. The van der Waals surface area contributed by atoms with E-state index in [1.54, 1.807) is 30.3 Å². The molecule has 3 rings (SSSR count). The number of hydrogen-bond acceptors (Lipinski definition) is 5. The van der Waals surface area contributed by atoms with Crippen LogP contribution in [-0.4, -0.2) is 27.9 Å². The summed E-state index contributed by atoms with van der Waals surface area (Å²) in [6, 6.07) is 11.6. The highest BCUT2D eigenvalue weighted by Gasteiger charge is 2.38. The van der Waals surface area contributed by atoms with Crippen molar-refractivity contribution in [2.45, 2.75) is 27.2 Å². The average molecular weight is 395 g/mol. The van der Waals surface area contributed by atoms with E-state index in [-0.39, 0.29) is 22.4 Å². The normalized spacial score (nSPS) is 10.7. The van der Waals surface area contributed by atoms with Crippen molar-refractivity contribution in [2.75, 3.05) is 5.32 Å². The summed E-state index contributed by atoms with van der Waals surface area (Å²) in [4.78, 5) is 37.1. The summed E-state index contributed by atoms with van der Waals surface area (Å²) in [5, 5.41) is 23.2. The molecule has 0 atom stereocenters. The summed E-state index contributed by atoms with van der Waals surface area (Å²) >= 11 is 0. The van der Waals surface area contributed by atoms with Gasteiger partial charge in [-0.1, -0.05) is 18.2 Å². The maximum absolute atomic E-state index is 12.6. The van der Waals surface area contributed by atoms with Crippen LogP contribution in [0.1, 0.15) is 33.7 Å². The van der Waals surface area contributed by atoms with Gasteiger partial charge in [-0.15, -0.1) is 0 Å². The van der Waals surface area contributed by atoms with E-state index in [1.165, 1.54) is 13.0 Å². The van der Waals surface area contributed by atoms with Crippen LogP contribution in [0.5, 0.6) is 0 Å². The zero-order valence-electron chi connectivity index (χ0n) is 16.3. The molecule has 0 spiro atoms. The predicted octanol–water partition coefficient (Wildman–Crippen LogP) is 1.60. The minimum Gasteiger partial charge on any atom is -0.319 e. The molecule has 29 heavy (non-hydrogen) atoms. The largest absolute Gasteiger partial charge is 0.371 e. The number of aromatic nitrogens is 2. The standard InChI is InChI=1S/C21H20N3O5/c1-12-8-9-15(10-13(12)2)22-21(27)19(26)11-18(25)20-14(3)23(28)16-6-4-5-7-17(16)24(20)29/h4-10H,11H2,1-3H3,(H2-,22,25,26,27,28,29)/q+1/p+1. The Morgan fingerprint density at radius 2 is 1.52 bits per heavy atom. The van der Waals surface area contributed by atoms with Gasteiger partial charge in [0.1, 0.15) is 0 Å². The number of carbonyl (C=O) groups excluding carboxylic acids is 3. The molecule has 0 fully saturated rings. The third-order valence-corrected chi connectivity index (χ3v) is 4.81. The number of amides is 1. The predicted molar refractivity (Wildman–Crippen MR) is 102 cm³/mol. The average Bonchev–Trinajstić information content (AvgIpc) is 2.69. The SMILES string of the molecule is Cc1ccc(NC(=O)C(=O)CC(=O)c2c(C)[n+](O)c3ccccc3[n+]2O)cc1C. The molecule has 0 unspecified atom stereocenters. The molecule has 148 valence electrons. The number of rotatable bonds is 5. The van der Waals surface area contributed by atoms with Gasteiger partial charge in [-0.3, -0.25) is 24.8 Å². The number of aryl methyl sites for hydroxylation is 2. The number of Topliss-reactive ketones (excluding diaryl/α,β-unsaturated/α-hetero) is 2. The van der Waals surface area contributed by atoms with Crippen molar-refractivity contribution in [1.82, 2.24) is 0 Å². The van der Waals surface area contributed by atoms with E-state index in [0.29, 0.717) is 10.4 Å². The highest BCUT2D eigenvalue weighted by molar-refractivity contribution is 6.43. The molecule has 8 nitrogen and oxygen atoms in total. The number of anilines is 1. The van der Waals surface area contributed by atoms with Gasteiger partial charge in [-0.2, -0.15) is 0 Å². The Kier molecular flexibility index (Phi) is 5.27. The van der Waals surface area contributed by atoms with Gasteiger partial charge in [0.2, 0.25) is 11.6 Å². The lowest BCUT2D eigenvalue weighted by atomic mass is 10.1. The summed E-state index contributed by atoms with van der Waals surface area (Å²) in [5.41, 5.74) is 2.66. The molecule has 1 aromatic heterocycles. The molecule has 0 aliphatic carbocycles. The van der Waals surface area contributed by atoms with E-state index in [1.807, 2.05) is 19.9 Å². The first kappa shape index (κ1) is 19.9. The molecule has 0 saturated heterocycles. The smallest absolute Gasteiger partial charge is 0.319 e. The van der Waals surface area contributed by atoms with Gasteiger partial charge < -0.3 is 5.32 Å². The second-order valence-corrected chi connectivity index (χ2v) is 6.82. The zero-order chi connectivity index (χ0) is 21.3. The second-order valence-electron chi connectivity index (χ2n) is 6.82. The van der Waals surface area contributed by atoms with E-state index in [4.69, 9.17) is 0 Å². The van der Waals surface area contributed by atoms with E-state index in [0.717, 1.165) is 15.9 Å². The molecule has 1 amide bonds. The molecule has 0 radical (unpaired) electrons. The number of ketones is 2. The Hall–Kier alpha value is -3.81. The maximum Gasteiger partial charge on any atom is 0.371 e. The highest BCUT2D eigenvalue weighted by Crippen LogP contribution is 2.15. The van der Waals surface area contributed by atoms with Crippen molar-refractivity contribution >= 4 is 34.2 Å². The van der Waals surface area contributed by atoms with Crippen LogP contribution in [0.4, 0.5) is 5.69 Å². The first-order valence-corrected chi connectivity index (χ1v) is 8.93. The number of para-hydroxylation sites is 2. The van der Waals surface area contributed by atoms with Crippen LogP contribution >= 0.6 is 0 Å². The van der Waals surface area contributed by atoms with Crippen molar-refractivity contribution in [3.63, 3.8) is 0 Å². The Bertz CT molecular complexity index is 1170. The van der Waals surface area contributed by atoms with Crippen molar-refractivity contribution in [1.29, 1.82) is 0 Å². The third kappa shape index (κ3) is 3.77. The topological polar surface area (TPSA) is 111 Å². The van der Waals surface area contributed by atoms with Gasteiger partial charge in [-0.25, -0.2) is 0 Å². The molecule has 1 heterocycles. The molecular weight excluding hydrogens is 374 g/mol. The van der Waals surface area contributed by atoms with Crippen LogP contribution in [0.25, 0.3) is 11.0 Å². The fourth-order valence-electron chi connectivity index (χ4n) is 3.03. The Morgan fingerprint density at radius 1 is 0.897 bits per heavy atom. The Morgan fingerprint density at radius 3 is 2.14 bits per heavy atom. The van der Waals surface area contributed by atoms with Crippen molar-refractivity contribution < 1.29 is 34.3 Å². The molecule has 0 aliphatic rings. The molecule has 0 saturated carbocycles. The number of nitrogens with one attached hydrogen (secondary N) is 1. The minimum atomic E-state index is -0.953. The monoisotopic (exact) mass is 395 g/mol. The molecule has 0 bridgehead atoms. The van der Waals surface area contributed by atoms with Crippen LogP contribution in [-0.2, 0) is 9.59 Å². The summed E-state index contributed by atoms with van der Waals surface area (Å²) < 4.78 is 1.38. The summed E-state index contributed by atoms with van der Waals surface area (Å²) in [6.45, 7) is 5.23. The van der Waals surface area contributed by atoms with Gasteiger partial charge in [0.05, 0.1) is 6.42 Å². The number of nitrogens with zero attached hydrogens (tertiary/aromatic N) is 2. The van der Waals surface area contributed by atoms with E-state index < -0.39 is 23.9 Å². The first-order valence-electron chi connectivity index (χ1n) is 8.93. The Labute approximate surface area is 166 Å².